The molecular weight excluding hydrogens is 240 g/mol. The highest BCUT2D eigenvalue weighted by molar-refractivity contribution is 5.48. The number of rotatable bonds is 4. The third-order valence-corrected chi connectivity index (χ3v) is 3.21. The van der Waals surface area contributed by atoms with Crippen LogP contribution in [-0.2, 0) is 0 Å². The van der Waals surface area contributed by atoms with E-state index < -0.39 is 0 Å². The Morgan fingerprint density at radius 1 is 1.26 bits per heavy atom. The number of nitrogens with one attached hydrogen (secondary N) is 1. The van der Waals surface area contributed by atoms with E-state index in [0.717, 1.165) is 37.8 Å². The number of piperazine rings is 1. The molecule has 3 N–H and O–H groups in total. The predicted octanol–water partition coefficient (Wildman–Crippen LogP) is 0.378. The lowest BCUT2D eigenvalue weighted by molar-refractivity contribution is 0.312. The standard InChI is InChI=1S/C13H24N6/c1-13(2,14)9-15-11-8-12(17-10-16-11)19-6-4-18(3)5-7-19/h8,10H,4-7,9,14H2,1-3H3,(H,15,16,17). The molecule has 1 aliphatic heterocycles. The van der Waals surface area contributed by atoms with Gasteiger partial charge < -0.3 is 20.9 Å². The van der Waals surface area contributed by atoms with Crippen molar-refractivity contribution in [2.45, 2.75) is 19.4 Å². The van der Waals surface area contributed by atoms with Crippen molar-refractivity contribution in [3.63, 3.8) is 0 Å². The second-order valence-electron chi connectivity index (χ2n) is 5.89. The molecule has 19 heavy (non-hydrogen) atoms. The van der Waals surface area contributed by atoms with E-state index in [9.17, 15) is 0 Å². The zero-order chi connectivity index (χ0) is 13.9. The first-order valence-electron chi connectivity index (χ1n) is 6.72. The highest BCUT2D eigenvalue weighted by Crippen LogP contribution is 2.16. The lowest BCUT2D eigenvalue weighted by Gasteiger charge is -2.33. The average molecular weight is 264 g/mol. The SMILES string of the molecule is CN1CCN(c2cc(NCC(C)(C)N)ncn2)CC1. The maximum atomic E-state index is 5.96. The smallest absolute Gasteiger partial charge is 0.134 e. The van der Waals surface area contributed by atoms with E-state index >= 15 is 0 Å². The van der Waals surface area contributed by atoms with E-state index in [1.807, 2.05) is 19.9 Å². The van der Waals surface area contributed by atoms with Crippen LogP contribution in [0.2, 0.25) is 0 Å². The van der Waals surface area contributed by atoms with Crippen molar-refractivity contribution in [3.05, 3.63) is 12.4 Å². The largest absolute Gasteiger partial charge is 0.368 e. The summed E-state index contributed by atoms with van der Waals surface area (Å²) in [4.78, 5) is 13.2. The average Bonchev–Trinajstić information content (AvgIpc) is 2.37. The van der Waals surface area contributed by atoms with Crippen LogP contribution in [-0.4, -0.2) is 60.2 Å². The molecular formula is C13H24N6. The Morgan fingerprint density at radius 3 is 2.58 bits per heavy atom. The number of aromatic nitrogens is 2. The number of likely N-dealkylation sites (N-methyl/N-ethyl adjacent to an activating group) is 1. The molecule has 0 saturated carbocycles. The van der Waals surface area contributed by atoms with Crippen LogP contribution in [0.25, 0.3) is 0 Å². The van der Waals surface area contributed by atoms with Crippen LogP contribution < -0.4 is 16.0 Å². The van der Waals surface area contributed by atoms with Gasteiger partial charge >= 0.3 is 0 Å². The van der Waals surface area contributed by atoms with Crippen molar-refractivity contribution in [3.8, 4) is 0 Å². The predicted molar refractivity (Wildman–Crippen MR) is 78.5 cm³/mol. The molecule has 0 atom stereocenters. The van der Waals surface area contributed by atoms with Crippen LogP contribution in [0.3, 0.4) is 0 Å². The number of nitrogens with two attached hydrogens (primary N) is 1. The Balaban J connectivity index is 1.99. The number of nitrogens with zero attached hydrogens (tertiary/aromatic N) is 4. The van der Waals surface area contributed by atoms with Crippen molar-refractivity contribution < 1.29 is 0 Å². The second kappa shape index (κ2) is 5.71. The summed E-state index contributed by atoms with van der Waals surface area (Å²) in [5.74, 6) is 1.82. The van der Waals surface area contributed by atoms with E-state index in [0.29, 0.717) is 6.54 Å². The van der Waals surface area contributed by atoms with E-state index in [1.165, 1.54) is 0 Å². The lowest BCUT2D eigenvalue weighted by Crippen LogP contribution is -2.44. The topological polar surface area (TPSA) is 70.3 Å². The molecule has 0 radical (unpaired) electrons. The van der Waals surface area contributed by atoms with Gasteiger partial charge in [0, 0.05) is 44.3 Å². The van der Waals surface area contributed by atoms with Gasteiger partial charge in [-0.25, -0.2) is 9.97 Å². The Bertz CT molecular complexity index is 406. The molecule has 2 heterocycles. The maximum Gasteiger partial charge on any atom is 0.134 e. The first kappa shape index (κ1) is 14.0. The van der Waals surface area contributed by atoms with E-state index in [-0.39, 0.29) is 5.54 Å². The summed E-state index contributed by atoms with van der Waals surface area (Å²) < 4.78 is 0. The third-order valence-electron chi connectivity index (χ3n) is 3.21. The van der Waals surface area contributed by atoms with Crippen molar-refractivity contribution in [1.29, 1.82) is 0 Å². The number of anilines is 2. The molecule has 1 aromatic rings. The molecule has 106 valence electrons. The van der Waals surface area contributed by atoms with Crippen LogP contribution in [0.1, 0.15) is 13.8 Å². The van der Waals surface area contributed by atoms with Gasteiger partial charge in [0.25, 0.3) is 0 Å². The lowest BCUT2D eigenvalue weighted by atomic mass is 10.1. The van der Waals surface area contributed by atoms with Gasteiger partial charge in [-0.2, -0.15) is 0 Å². The summed E-state index contributed by atoms with van der Waals surface area (Å²) >= 11 is 0. The molecule has 2 rings (SSSR count). The minimum atomic E-state index is -0.251. The first-order chi connectivity index (χ1) is 8.94. The summed E-state index contributed by atoms with van der Waals surface area (Å²) in [6, 6.07) is 2.00. The molecule has 0 aliphatic carbocycles. The van der Waals surface area contributed by atoms with Crippen LogP contribution in [0.15, 0.2) is 12.4 Å². The van der Waals surface area contributed by atoms with Crippen LogP contribution >= 0.6 is 0 Å². The molecule has 0 bridgehead atoms. The fourth-order valence-corrected chi connectivity index (χ4v) is 1.97. The molecule has 1 saturated heterocycles. The molecule has 0 amide bonds. The minimum Gasteiger partial charge on any atom is -0.368 e. The quantitative estimate of drug-likeness (QED) is 0.819. The molecule has 0 unspecified atom stereocenters. The fourth-order valence-electron chi connectivity index (χ4n) is 1.97. The second-order valence-corrected chi connectivity index (χ2v) is 5.89. The van der Waals surface area contributed by atoms with Crippen molar-refractivity contribution in [2.24, 2.45) is 5.73 Å². The zero-order valence-corrected chi connectivity index (χ0v) is 12.1. The fraction of sp³-hybridized carbons (Fsp3) is 0.692. The summed E-state index contributed by atoms with van der Waals surface area (Å²) in [6.45, 7) is 8.83. The van der Waals surface area contributed by atoms with E-state index in [4.69, 9.17) is 5.73 Å². The van der Waals surface area contributed by atoms with E-state index in [1.54, 1.807) is 6.33 Å². The summed E-state index contributed by atoms with van der Waals surface area (Å²) in [7, 11) is 2.15. The molecule has 1 fully saturated rings. The molecule has 6 heteroatoms. The van der Waals surface area contributed by atoms with Gasteiger partial charge in [-0.1, -0.05) is 0 Å². The maximum absolute atomic E-state index is 5.96. The van der Waals surface area contributed by atoms with Crippen molar-refractivity contribution in [2.75, 3.05) is 50.0 Å². The molecule has 0 aromatic carbocycles. The van der Waals surface area contributed by atoms with Crippen molar-refractivity contribution >= 4 is 11.6 Å². The van der Waals surface area contributed by atoms with Gasteiger partial charge in [-0.3, -0.25) is 0 Å². The third kappa shape index (κ3) is 4.33. The highest BCUT2D eigenvalue weighted by Gasteiger charge is 2.16. The van der Waals surface area contributed by atoms with Crippen LogP contribution in [0, 0.1) is 0 Å². The molecule has 0 spiro atoms. The van der Waals surface area contributed by atoms with Gasteiger partial charge in [0.05, 0.1) is 0 Å². The Labute approximate surface area is 115 Å². The molecule has 1 aromatic heterocycles. The van der Waals surface area contributed by atoms with Crippen LogP contribution in [0.4, 0.5) is 11.6 Å². The van der Waals surface area contributed by atoms with Gasteiger partial charge in [-0.05, 0) is 20.9 Å². The molecule has 1 aliphatic rings. The first-order valence-corrected chi connectivity index (χ1v) is 6.72. The summed E-state index contributed by atoms with van der Waals surface area (Å²) in [5.41, 5.74) is 5.71. The Kier molecular flexibility index (Phi) is 4.21. The van der Waals surface area contributed by atoms with Crippen molar-refractivity contribution in [1.82, 2.24) is 14.9 Å². The number of hydrogen-bond acceptors (Lipinski definition) is 6. The van der Waals surface area contributed by atoms with Gasteiger partial charge in [0.2, 0.25) is 0 Å². The zero-order valence-electron chi connectivity index (χ0n) is 12.1. The number of hydrogen-bond donors (Lipinski definition) is 2. The van der Waals surface area contributed by atoms with Gasteiger partial charge in [-0.15, -0.1) is 0 Å². The van der Waals surface area contributed by atoms with Gasteiger partial charge in [0.1, 0.15) is 18.0 Å². The van der Waals surface area contributed by atoms with Crippen LogP contribution in [0.5, 0.6) is 0 Å². The van der Waals surface area contributed by atoms with E-state index in [2.05, 4.69) is 32.1 Å². The summed E-state index contributed by atoms with van der Waals surface area (Å²) in [6.07, 6.45) is 1.61. The summed E-state index contributed by atoms with van der Waals surface area (Å²) in [5, 5.41) is 3.26. The Morgan fingerprint density at radius 2 is 1.95 bits per heavy atom. The molecule has 6 nitrogen and oxygen atoms in total. The highest BCUT2D eigenvalue weighted by atomic mass is 15.3. The minimum absolute atomic E-state index is 0.251. The van der Waals surface area contributed by atoms with Gasteiger partial charge in [0.15, 0.2) is 0 Å². The monoisotopic (exact) mass is 264 g/mol. The normalized spacial score (nSPS) is 17.6. The Hall–Kier alpha value is -1.40.